The highest BCUT2D eigenvalue weighted by molar-refractivity contribution is 5.82. The molecule has 0 aliphatic rings. The van der Waals surface area contributed by atoms with E-state index < -0.39 is 6.04 Å². The summed E-state index contributed by atoms with van der Waals surface area (Å²) in [5.74, 6) is 0.696. The summed E-state index contributed by atoms with van der Waals surface area (Å²) in [6, 6.07) is 7.18. The highest BCUT2D eigenvalue weighted by Gasteiger charge is 2.28. The molecule has 0 saturated carbocycles. The van der Waals surface area contributed by atoms with E-state index in [-0.39, 0.29) is 17.4 Å². The van der Waals surface area contributed by atoms with Gasteiger partial charge in [0.05, 0.1) is 19.2 Å². The Morgan fingerprint density at radius 3 is 2.25 bits per heavy atom. The molecule has 2 atom stereocenters. The van der Waals surface area contributed by atoms with Gasteiger partial charge in [-0.15, -0.1) is 0 Å². The van der Waals surface area contributed by atoms with Crippen LogP contribution in [0.15, 0.2) is 24.3 Å². The largest absolute Gasteiger partial charge is 0.497 e. The van der Waals surface area contributed by atoms with Gasteiger partial charge < -0.3 is 15.8 Å². The normalized spacial score (nSPS) is 14.5. The van der Waals surface area contributed by atoms with Gasteiger partial charge in [0.25, 0.3) is 0 Å². The van der Waals surface area contributed by atoms with Crippen LogP contribution < -0.4 is 15.8 Å². The van der Waals surface area contributed by atoms with E-state index >= 15 is 0 Å². The molecule has 0 spiro atoms. The number of nitrogens with two attached hydrogens (primary N) is 1. The third-order valence-electron chi connectivity index (χ3n) is 3.46. The Balaban J connectivity index is 2.78. The van der Waals surface area contributed by atoms with Gasteiger partial charge in [-0.3, -0.25) is 4.79 Å². The first-order valence-electron chi connectivity index (χ1n) is 6.99. The van der Waals surface area contributed by atoms with E-state index in [1.54, 1.807) is 7.11 Å². The van der Waals surface area contributed by atoms with Crippen molar-refractivity contribution in [2.45, 2.75) is 46.2 Å². The number of amides is 1. The fraction of sp³-hybridized carbons (Fsp3) is 0.562. The maximum atomic E-state index is 12.2. The molecule has 1 amide bonds. The van der Waals surface area contributed by atoms with Gasteiger partial charge in [-0.2, -0.15) is 0 Å². The molecule has 0 aliphatic heterocycles. The van der Waals surface area contributed by atoms with Gasteiger partial charge in [-0.05, 0) is 29.5 Å². The van der Waals surface area contributed by atoms with Crippen molar-refractivity contribution in [2.24, 2.45) is 11.1 Å². The first-order valence-corrected chi connectivity index (χ1v) is 6.99. The predicted molar refractivity (Wildman–Crippen MR) is 81.6 cm³/mol. The number of hydrogen-bond acceptors (Lipinski definition) is 3. The minimum atomic E-state index is -0.519. The molecule has 1 aromatic rings. The molecule has 4 nitrogen and oxygen atoms in total. The second-order valence-corrected chi connectivity index (χ2v) is 6.09. The number of carbonyl (C=O) groups is 1. The number of rotatable bonds is 5. The average molecular weight is 278 g/mol. The Morgan fingerprint density at radius 1 is 1.30 bits per heavy atom. The van der Waals surface area contributed by atoms with Crippen LogP contribution in [0.3, 0.4) is 0 Å². The fourth-order valence-electron chi connectivity index (χ4n) is 1.91. The van der Waals surface area contributed by atoms with Crippen molar-refractivity contribution in [3.63, 3.8) is 0 Å². The van der Waals surface area contributed by atoms with Crippen molar-refractivity contribution in [1.82, 2.24) is 5.32 Å². The number of carbonyl (C=O) groups excluding carboxylic acids is 1. The molecule has 0 radical (unpaired) electrons. The topological polar surface area (TPSA) is 64.4 Å². The Morgan fingerprint density at radius 2 is 1.85 bits per heavy atom. The summed E-state index contributed by atoms with van der Waals surface area (Å²) < 4.78 is 5.14. The van der Waals surface area contributed by atoms with E-state index in [4.69, 9.17) is 10.5 Å². The van der Waals surface area contributed by atoms with Crippen LogP contribution in [0, 0.1) is 5.41 Å². The van der Waals surface area contributed by atoms with Gasteiger partial charge in [0.15, 0.2) is 0 Å². The maximum Gasteiger partial charge on any atom is 0.237 e. The molecular weight excluding hydrogens is 252 g/mol. The molecule has 0 aliphatic carbocycles. The van der Waals surface area contributed by atoms with Crippen molar-refractivity contribution in [3.05, 3.63) is 29.8 Å². The van der Waals surface area contributed by atoms with Gasteiger partial charge in [-0.25, -0.2) is 0 Å². The molecule has 3 N–H and O–H groups in total. The number of nitrogens with one attached hydrogen (secondary N) is 1. The van der Waals surface area contributed by atoms with Crippen LogP contribution in [0.5, 0.6) is 5.75 Å². The van der Waals surface area contributed by atoms with Crippen molar-refractivity contribution in [1.29, 1.82) is 0 Å². The van der Waals surface area contributed by atoms with E-state index in [9.17, 15) is 4.79 Å². The third-order valence-corrected chi connectivity index (χ3v) is 3.46. The minimum Gasteiger partial charge on any atom is -0.497 e. The monoisotopic (exact) mass is 278 g/mol. The Labute approximate surface area is 121 Å². The molecule has 4 heteroatoms. The summed E-state index contributed by atoms with van der Waals surface area (Å²) in [4.78, 5) is 12.2. The highest BCUT2D eigenvalue weighted by atomic mass is 16.5. The van der Waals surface area contributed by atoms with Crippen LogP contribution in [0.2, 0.25) is 0 Å². The predicted octanol–water partition coefficient (Wildman–Crippen LogP) is 2.64. The molecule has 20 heavy (non-hydrogen) atoms. The van der Waals surface area contributed by atoms with Gasteiger partial charge >= 0.3 is 0 Å². The second-order valence-electron chi connectivity index (χ2n) is 6.09. The lowest BCUT2D eigenvalue weighted by Crippen LogP contribution is -2.49. The number of ether oxygens (including phenoxy) is 1. The lowest BCUT2D eigenvalue weighted by Gasteiger charge is -2.28. The van der Waals surface area contributed by atoms with E-state index in [2.05, 4.69) is 5.32 Å². The zero-order valence-electron chi connectivity index (χ0n) is 13.1. The lowest BCUT2D eigenvalue weighted by molar-refractivity contribution is -0.125. The van der Waals surface area contributed by atoms with Crippen LogP contribution in [-0.2, 0) is 4.79 Å². The SMILES string of the molecule is CCC(NC(=O)[C@@H](N)C(C)(C)C)c1ccc(OC)cc1. The summed E-state index contributed by atoms with van der Waals surface area (Å²) in [7, 11) is 1.64. The molecule has 112 valence electrons. The summed E-state index contributed by atoms with van der Waals surface area (Å²) >= 11 is 0. The Kier molecular flexibility index (Phi) is 5.57. The van der Waals surface area contributed by atoms with Gasteiger partial charge in [-0.1, -0.05) is 39.8 Å². The molecular formula is C16H26N2O2. The summed E-state index contributed by atoms with van der Waals surface area (Å²) in [5, 5.41) is 3.02. The summed E-state index contributed by atoms with van der Waals surface area (Å²) in [6.45, 7) is 7.93. The van der Waals surface area contributed by atoms with Crippen LogP contribution in [0.4, 0.5) is 0 Å². The Bertz CT molecular complexity index is 435. The molecule has 0 saturated heterocycles. The average Bonchev–Trinajstić information content (AvgIpc) is 2.42. The zero-order chi connectivity index (χ0) is 15.3. The van der Waals surface area contributed by atoms with E-state index in [0.29, 0.717) is 0 Å². The Hall–Kier alpha value is -1.55. The standard InChI is InChI=1S/C16H26N2O2/c1-6-13(11-7-9-12(20-5)10-8-11)18-15(19)14(17)16(2,3)4/h7-10,13-14H,6,17H2,1-5H3,(H,18,19)/t13?,14-/m1/s1. The smallest absolute Gasteiger partial charge is 0.237 e. The van der Waals surface area contributed by atoms with Crippen molar-refractivity contribution < 1.29 is 9.53 Å². The van der Waals surface area contributed by atoms with Crippen molar-refractivity contribution in [3.8, 4) is 5.75 Å². The molecule has 1 rings (SSSR count). The molecule has 1 aromatic carbocycles. The van der Waals surface area contributed by atoms with Crippen LogP contribution in [0.1, 0.15) is 45.7 Å². The van der Waals surface area contributed by atoms with Crippen molar-refractivity contribution in [2.75, 3.05) is 7.11 Å². The number of methoxy groups -OCH3 is 1. The highest BCUT2D eigenvalue weighted by Crippen LogP contribution is 2.22. The van der Waals surface area contributed by atoms with Gasteiger partial charge in [0.1, 0.15) is 5.75 Å². The second kappa shape index (κ2) is 6.75. The van der Waals surface area contributed by atoms with Crippen LogP contribution >= 0.6 is 0 Å². The fourth-order valence-corrected chi connectivity index (χ4v) is 1.91. The molecule has 1 unspecified atom stereocenters. The van der Waals surface area contributed by atoms with Gasteiger partial charge in [0.2, 0.25) is 5.91 Å². The maximum absolute atomic E-state index is 12.2. The zero-order valence-corrected chi connectivity index (χ0v) is 13.1. The number of benzene rings is 1. The van der Waals surface area contributed by atoms with E-state index in [1.165, 1.54) is 0 Å². The third kappa shape index (κ3) is 4.23. The van der Waals surface area contributed by atoms with E-state index in [1.807, 2.05) is 52.0 Å². The number of hydrogen-bond donors (Lipinski definition) is 2. The first kappa shape index (κ1) is 16.5. The van der Waals surface area contributed by atoms with Crippen LogP contribution in [0.25, 0.3) is 0 Å². The first-order chi connectivity index (χ1) is 9.29. The lowest BCUT2D eigenvalue weighted by atomic mass is 9.86. The van der Waals surface area contributed by atoms with E-state index in [0.717, 1.165) is 17.7 Å². The molecule has 0 bridgehead atoms. The summed E-state index contributed by atoms with van der Waals surface area (Å²) in [6.07, 6.45) is 0.814. The molecule has 0 heterocycles. The van der Waals surface area contributed by atoms with Crippen molar-refractivity contribution >= 4 is 5.91 Å². The molecule has 0 fully saturated rings. The van der Waals surface area contributed by atoms with Crippen LogP contribution in [-0.4, -0.2) is 19.1 Å². The minimum absolute atomic E-state index is 0.0261. The van der Waals surface area contributed by atoms with Gasteiger partial charge in [0, 0.05) is 0 Å². The quantitative estimate of drug-likeness (QED) is 0.870. The summed E-state index contributed by atoms with van der Waals surface area (Å²) in [5.41, 5.74) is 6.80. The molecule has 0 aromatic heterocycles.